The van der Waals surface area contributed by atoms with Crippen LogP contribution >= 0.6 is 0 Å². The number of hydrogen-bond donors (Lipinski definition) is 1. The molecule has 26 heavy (non-hydrogen) atoms. The number of nitrogens with one attached hydrogen (secondary N) is 1. The first-order valence-corrected chi connectivity index (χ1v) is 9.80. The average Bonchev–Trinajstić information content (AvgIpc) is 3.51. The fraction of sp³-hybridized carbons (Fsp3) is 0.650. The molecule has 0 unspecified atom stereocenters. The molecule has 144 valence electrons. The molecule has 1 aliphatic heterocycles. The molecule has 1 aromatic carbocycles. The molecule has 2 aliphatic rings. The zero-order chi connectivity index (χ0) is 18.2. The van der Waals surface area contributed by atoms with Gasteiger partial charge < -0.3 is 24.6 Å². The van der Waals surface area contributed by atoms with Gasteiger partial charge >= 0.3 is 0 Å². The van der Waals surface area contributed by atoms with E-state index in [1.807, 2.05) is 12.1 Å². The van der Waals surface area contributed by atoms with Crippen molar-refractivity contribution in [3.05, 3.63) is 24.3 Å². The summed E-state index contributed by atoms with van der Waals surface area (Å²) in [5.41, 5.74) is 1.17. The van der Waals surface area contributed by atoms with E-state index < -0.39 is 0 Å². The van der Waals surface area contributed by atoms with Gasteiger partial charge in [-0.2, -0.15) is 0 Å². The molecular formula is C20H32N4O2. The maximum Gasteiger partial charge on any atom is 0.194 e. The zero-order valence-electron chi connectivity index (χ0n) is 16.1. The van der Waals surface area contributed by atoms with Crippen molar-refractivity contribution < 1.29 is 9.47 Å². The third-order valence-corrected chi connectivity index (χ3v) is 4.89. The summed E-state index contributed by atoms with van der Waals surface area (Å²) in [5.74, 6) is 2.76. The van der Waals surface area contributed by atoms with E-state index in [9.17, 15) is 0 Å². The van der Waals surface area contributed by atoms with Crippen molar-refractivity contribution in [2.45, 2.75) is 19.8 Å². The van der Waals surface area contributed by atoms with E-state index in [1.165, 1.54) is 18.5 Å². The lowest BCUT2D eigenvalue weighted by Gasteiger charge is -2.38. The molecule has 0 aromatic heterocycles. The van der Waals surface area contributed by atoms with E-state index in [4.69, 9.17) is 14.5 Å². The van der Waals surface area contributed by atoms with E-state index in [-0.39, 0.29) is 0 Å². The summed E-state index contributed by atoms with van der Waals surface area (Å²) >= 11 is 0. The highest BCUT2D eigenvalue weighted by Gasteiger charge is 2.22. The Morgan fingerprint density at radius 1 is 1.19 bits per heavy atom. The van der Waals surface area contributed by atoms with Crippen LogP contribution in [0.3, 0.4) is 0 Å². The molecule has 1 aromatic rings. The summed E-state index contributed by atoms with van der Waals surface area (Å²) in [6.07, 6.45) is 2.67. The number of aliphatic imine (C=N–C) groups is 1. The Labute approximate surface area is 157 Å². The molecular weight excluding hydrogens is 328 g/mol. The lowest BCUT2D eigenvalue weighted by Crippen LogP contribution is -2.52. The lowest BCUT2D eigenvalue weighted by atomic mass is 10.2. The Morgan fingerprint density at radius 3 is 2.65 bits per heavy atom. The maximum atomic E-state index is 5.70. The summed E-state index contributed by atoms with van der Waals surface area (Å²) in [5, 5.41) is 3.42. The van der Waals surface area contributed by atoms with Gasteiger partial charge in [-0.15, -0.1) is 0 Å². The summed E-state index contributed by atoms with van der Waals surface area (Å²) < 4.78 is 11.2. The number of para-hydroxylation sites is 2. The summed E-state index contributed by atoms with van der Waals surface area (Å²) in [6, 6.07) is 8.23. The van der Waals surface area contributed by atoms with Crippen LogP contribution in [0.4, 0.5) is 5.69 Å². The van der Waals surface area contributed by atoms with Crippen LogP contribution in [0.5, 0.6) is 5.75 Å². The third kappa shape index (κ3) is 5.27. The van der Waals surface area contributed by atoms with Gasteiger partial charge in [0, 0.05) is 39.3 Å². The van der Waals surface area contributed by atoms with Gasteiger partial charge in [-0.25, -0.2) is 0 Å². The van der Waals surface area contributed by atoms with E-state index in [0.717, 1.165) is 63.5 Å². The van der Waals surface area contributed by atoms with Gasteiger partial charge in [0.25, 0.3) is 0 Å². The van der Waals surface area contributed by atoms with Crippen molar-refractivity contribution in [1.29, 1.82) is 0 Å². The zero-order valence-corrected chi connectivity index (χ0v) is 16.1. The van der Waals surface area contributed by atoms with Gasteiger partial charge in [0.15, 0.2) is 5.96 Å². The minimum absolute atomic E-state index is 0.715. The van der Waals surface area contributed by atoms with E-state index in [2.05, 4.69) is 34.2 Å². The molecule has 0 bridgehead atoms. The number of ether oxygens (including phenoxy) is 2. The van der Waals surface area contributed by atoms with Crippen molar-refractivity contribution in [2.24, 2.45) is 10.9 Å². The summed E-state index contributed by atoms with van der Waals surface area (Å²) in [4.78, 5) is 9.48. The highest BCUT2D eigenvalue weighted by molar-refractivity contribution is 5.80. The first-order chi connectivity index (χ1) is 12.8. The predicted octanol–water partition coefficient (Wildman–Crippen LogP) is 2.21. The molecule has 0 radical (unpaired) electrons. The van der Waals surface area contributed by atoms with Gasteiger partial charge in [0.05, 0.1) is 25.9 Å². The predicted molar refractivity (Wildman–Crippen MR) is 106 cm³/mol. The largest absolute Gasteiger partial charge is 0.495 e. The van der Waals surface area contributed by atoms with Crippen molar-refractivity contribution >= 4 is 11.6 Å². The first-order valence-electron chi connectivity index (χ1n) is 9.80. The van der Waals surface area contributed by atoms with E-state index in [0.29, 0.717) is 6.61 Å². The van der Waals surface area contributed by atoms with E-state index >= 15 is 0 Å². The van der Waals surface area contributed by atoms with Crippen LogP contribution in [-0.2, 0) is 4.74 Å². The fourth-order valence-electron chi connectivity index (χ4n) is 3.23. The molecule has 2 fully saturated rings. The Balaban J connectivity index is 1.50. The molecule has 1 N–H and O–H groups in total. The molecule has 1 aliphatic carbocycles. The molecule has 0 spiro atoms. The number of hydrogen-bond acceptors (Lipinski definition) is 4. The van der Waals surface area contributed by atoms with Crippen molar-refractivity contribution in [1.82, 2.24) is 10.2 Å². The first kappa shape index (κ1) is 18.8. The molecule has 0 amide bonds. The van der Waals surface area contributed by atoms with Gasteiger partial charge in [0.2, 0.25) is 0 Å². The van der Waals surface area contributed by atoms with Gasteiger partial charge in [-0.05, 0) is 37.8 Å². The summed E-state index contributed by atoms with van der Waals surface area (Å²) in [7, 11) is 1.73. The number of nitrogens with zero attached hydrogens (tertiary/aromatic N) is 3. The number of anilines is 1. The standard InChI is InChI=1S/C20H32N4O2/c1-3-21-20(22-10-15-26-16-17-8-9-17)24-13-11-23(12-14-24)18-6-4-5-7-19(18)25-2/h4-7,17H,3,8-16H2,1-2H3,(H,21,22). The molecule has 3 rings (SSSR count). The number of rotatable bonds is 8. The van der Waals surface area contributed by atoms with Crippen LogP contribution in [0.25, 0.3) is 0 Å². The molecule has 1 saturated heterocycles. The quantitative estimate of drug-likeness (QED) is 0.438. The highest BCUT2D eigenvalue weighted by Crippen LogP contribution is 2.29. The average molecular weight is 361 g/mol. The maximum absolute atomic E-state index is 5.70. The molecule has 1 heterocycles. The smallest absolute Gasteiger partial charge is 0.194 e. The molecule has 6 nitrogen and oxygen atoms in total. The monoisotopic (exact) mass is 360 g/mol. The second kappa shape index (κ2) is 9.67. The lowest BCUT2D eigenvalue weighted by molar-refractivity contribution is 0.131. The Kier molecular flexibility index (Phi) is 7.00. The van der Waals surface area contributed by atoms with Crippen LogP contribution < -0.4 is 15.0 Å². The summed E-state index contributed by atoms with van der Waals surface area (Å²) in [6.45, 7) is 9.17. The fourth-order valence-corrected chi connectivity index (χ4v) is 3.23. The minimum Gasteiger partial charge on any atom is -0.495 e. The number of methoxy groups -OCH3 is 1. The number of guanidine groups is 1. The van der Waals surface area contributed by atoms with Crippen LogP contribution in [0.2, 0.25) is 0 Å². The topological polar surface area (TPSA) is 49.3 Å². The second-order valence-electron chi connectivity index (χ2n) is 6.90. The number of benzene rings is 1. The van der Waals surface area contributed by atoms with Crippen LogP contribution in [-0.4, -0.2) is 70.5 Å². The highest BCUT2D eigenvalue weighted by atomic mass is 16.5. The van der Waals surface area contributed by atoms with Crippen molar-refractivity contribution in [3.8, 4) is 5.75 Å². The SMILES string of the molecule is CCNC(=NCCOCC1CC1)N1CCN(c2ccccc2OC)CC1. The minimum atomic E-state index is 0.715. The van der Waals surface area contributed by atoms with E-state index in [1.54, 1.807) is 7.11 Å². The Hall–Kier alpha value is -1.95. The van der Waals surface area contributed by atoms with Gasteiger partial charge in [0.1, 0.15) is 5.75 Å². The van der Waals surface area contributed by atoms with Crippen LogP contribution in [0.1, 0.15) is 19.8 Å². The second-order valence-corrected chi connectivity index (χ2v) is 6.90. The Bertz CT molecular complexity index is 581. The van der Waals surface area contributed by atoms with Crippen molar-refractivity contribution in [2.75, 3.05) is 64.5 Å². The number of piperazine rings is 1. The molecule has 1 saturated carbocycles. The molecule has 6 heteroatoms. The Morgan fingerprint density at radius 2 is 1.96 bits per heavy atom. The molecule has 0 atom stereocenters. The van der Waals surface area contributed by atoms with Crippen LogP contribution in [0, 0.1) is 5.92 Å². The normalized spacial score (nSPS) is 18.2. The van der Waals surface area contributed by atoms with Crippen LogP contribution in [0.15, 0.2) is 29.3 Å². The van der Waals surface area contributed by atoms with Gasteiger partial charge in [-0.3, -0.25) is 4.99 Å². The third-order valence-electron chi connectivity index (χ3n) is 4.89. The van der Waals surface area contributed by atoms with Gasteiger partial charge in [-0.1, -0.05) is 12.1 Å². The van der Waals surface area contributed by atoms with Crippen molar-refractivity contribution in [3.63, 3.8) is 0 Å².